The highest BCUT2D eigenvalue weighted by atomic mass is 32.2. The maximum absolute atomic E-state index is 3.18. The van der Waals surface area contributed by atoms with Crippen LogP contribution in [0, 0.1) is 23.7 Å². The van der Waals surface area contributed by atoms with Gasteiger partial charge >= 0.3 is 0 Å². The third-order valence-electron chi connectivity index (χ3n) is 1.70. The molecule has 1 rings (SSSR count). The highest BCUT2D eigenvalue weighted by Crippen LogP contribution is 2.03. The lowest BCUT2D eigenvalue weighted by Gasteiger charge is -1.93. The van der Waals surface area contributed by atoms with Crippen molar-refractivity contribution in [3.63, 3.8) is 0 Å². The van der Waals surface area contributed by atoms with Gasteiger partial charge < -0.3 is 0 Å². The van der Waals surface area contributed by atoms with Crippen molar-refractivity contribution >= 4 is 11.8 Å². The normalized spacial score (nSPS) is 18.7. The average Bonchev–Trinajstić information content (AvgIpc) is 2.05. The lowest BCUT2D eigenvalue weighted by molar-refractivity contribution is 0.709. The Morgan fingerprint density at radius 1 is 0.667 bits per heavy atom. The number of thioether (sulfide) groups is 1. The quantitative estimate of drug-likeness (QED) is 0.514. The molecule has 1 heterocycles. The highest BCUT2D eigenvalue weighted by molar-refractivity contribution is 7.99. The minimum atomic E-state index is 0.953. The van der Waals surface area contributed by atoms with Crippen molar-refractivity contribution in [3.8, 4) is 23.7 Å². The van der Waals surface area contributed by atoms with E-state index < -0.39 is 0 Å². The summed E-state index contributed by atoms with van der Waals surface area (Å²) in [6.07, 6.45) is 5.94. The third kappa shape index (κ3) is 5.16. The van der Waals surface area contributed by atoms with Crippen molar-refractivity contribution < 1.29 is 0 Å². The molecule has 0 fully saturated rings. The molecule has 0 amide bonds. The third-order valence-corrected chi connectivity index (χ3v) is 2.40. The van der Waals surface area contributed by atoms with Gasteiger partial charge in [-0.05, 0) is 12.8 Å². The van der Waals surface area contributed by atoms with Gasteiger partial charge in [0.25, 0.3) is 0 Å². The van der Waals surface area contributed by atoms with Gasteiger partial charge in [-0.2, -0.15) is 0 Å². The smallest absolute Gasteiger partial charge is 0.0557 e. The van der Waals surface area contributed by atoms with E-state index in [0.29, 0.717) is 0 Å². The first-order valence-corrected chi connectivity index (χ1v) is 5.65. The molecule has 0 saturated carbocycles. The van der Waals surface area contributed by atoms with Crippen molar-refractivity contribution in [3.05, 3.63) is 0 Å². The molecule has 0 aromatic carbocycles. The van der Waals surface area contributed by atoms with Crippen LogP contribution in [0.1, 0.15) is 32.1 Å². The zero-order valence-corrected chi connectivity index (χ0v) is 8.17. The molecule has 1 heteroatoms. The molecule has 0 aromatic rings. The molecule has 0 N–H and O–H groups in total. The van der Waals surface area contributed by atoms with Crippen molar-refractivity contribution in [2.24, 2.45) is 0 Å². The zero-order valence-electron chi connectivity index (χ0n) is 7.36. The Balaban J connectivity index is 2.26. The molecule has 12 heavy (non-hydrogen) atoms. The first kappa shape index (κ1) is 9.56. The molecule has 64 valence electrons. The van der Waals surface area contributed by atoms with E-state index in [2.05, 4.69) is 23.7 Å². The van der Waals surface area contributed by atoms with E-state index in [9.17, 15) is 0 Å². The van der Waals surface area contributed by atoms with Crippen LogP contribution in [0.3, 0.4) is 0 Å². The topological polar surface area (TPSA) is 0 Å². The molecule has 1 aliphatic heterocycles. The Bertz CT molecular complexity index is 197. The van der Waals surface area contributed by atoms with Gasteiger partial charge in [-0.15, -0.1) is 23.6 Å². The molecule has 0 unspecified atom stereocenters. The molecule has 0 aliphatic carbocycles. The van der Waals surface area contributed by atoms with E-state index in [1.807, 2.05) is 11.8 Å². The zero-order chi connectivity index (χ0) is 8.49. The summed E-state index contributed by atoms with van der Waals surface area (Å²) in [5.74, 6) is 14.6. The Morgan fingerprint density at radius 2 is 1.25 bits per heavy atom. The van der Waals surface area contributed by atoms with E-state index in [1.54, 1.807) is 0 Å². The molecular formula is C11H14S. The summed E-state index contributed by atoms with van der Waals surface area (Å²) in [6.45, 7) is 0. The minimum absolute atomic E-state index is 0.953. The standard InChI is InChI=1S/C11H14S/c1-2-4-6-8-10-12-11-9-7-5-3-1/h1-5,10-11H2. The summed E-state index contributed by atoms with van der Waals surface area (Å²) in [6, 6.07) is 0. The molecule has 0 bridgehead atoms. The van der Waals surface area contributed by atoms with Crippen LogP contribution in [0.25, 0.3) is 0 Å². The van der Waals surface area contributed by atoms with Crippen molar-refractivity contribution in [2.45, 2.75) is 32.1 Å². The van der Waals surface area contributed by atoms with E-state index in [-0.39, 0.29) is 0 Å². The Labute approximate surface area is 79.5 Å². The second-order valence-corrected chi connectivity index (χ2v) is 3.75. The SMILES string of the molecule is C1#CCSCC#CCCCCC1. The predicted octanol–water partition coefficient (Wildman–Crippen LogP) is 2.69. The minimum Gasteiger partial charge on any atom is -0.136 e. The molecular weight excluding hydrogens is 164 g/mol. The fourth-order valence-corrected chi connectivity index (χ4v) is 1.55. The summed E-state index contributed by atoms with van der Waals surface area (Å²) in [4.78, 5) is 0. The maximum atomic E-state index is 3.18. The summed E-state index contributed by atoms with van der Waals surface area (Å²) >= 11 is 1.82. The lowest BCUT2D eigenvalue weighted by Crippen LogP contribution is -1.80. The van der Waals surface area contributed by atoms with Crippen LogP contribution in [0.15, 0.2) is 0 Å². The number of hydrogen-bond acceptors (Lipinski definition) is 1. The summed E-state index contributed by atoms with van der Waals surface area (Å²) < 4.78 is 0. The van der Waals surface area contributed by atoms with E-state index in [0.717, 1.165) is 24.3 Å². The highest BCUT2D eigenvalue weighted by Gasteiger charge is 1.87. The van der Waals surface area contributed by atoms with Crippen LogP contribution in [0.4, 0.5) is 0 Å². The molecule has 0 atom stereocenters. The van der Waals surface area contributed by atoms with Gasteiger partial charge in [-0.25, -0.2) is 0 Å². The molecule has 0 saturated heterocycles. The summed E-state index contributed by atoms with van der Waals surface area (Å²) in [7, 11) is 0. The molecule has 0 aromatic heterocycles. The van der Waals surface area contributed by atoms with Gasteiger partial charge in [-0.1, -0.05) is 18.3 Å². The van der Waals surface area contributed by atoms with Crippen molar-refractivity contribution in [1.82, 2.24) is 0 Å². The average molecular weight is 178 g/mol. The largest absolute Gasteiger partial charge is 0.136 e. The van der Waals surface area contributed by atoms with Crippen LogP contribution in [-0.4, -0.2) is 11.5 Å². The summed E-state index contributed by atoms with van der Waals surface area (Å²) in [5.41, 5.74) is 0. The second-order valence-electron chi connectivity index (χ2n) is 2.76. The predicted molar refractivity (Wildman–Crippen MR) is 56.0 cm³/mol. The van der Waals surface area contributed by atoms with E-state index >= 15 is 0 Å². The first-order chi connectivity index (χ1) is 6.00. The van der Waals surface area contributed by atoms with Crippen LogP contribution in [0.2, 0.25) is 0 Å². The van der Waals surface area contributed by atoms with E-state index in [1.165, 1.54) is 19.3 Å². The van der Waals surface area contributed by atoms with Crippen molar-refractivity contribution in [2.75, 3.05) is 11.5 Å². The van der Waals surface area contributed by atoms with Crippen molar-refractivity contribution in [1.29, 1.82) is 0 Å². The van der Waals surface area contributed by atoms with E-state index in [4.69, 9.17) is 0 Å². The molecule has 0 nitrogen and oxygen atoms in total. The Hall–Kier alpha value is -0.530. The Kier molecular flexibility index (Phi) is 5.68. The lowest BCUT2D eigenvalue weighted by atomic mass is 10.1. The Morgan fingerprint density at radius 3 is 1.83 bits per heavy atom. The van der Waals surface area contributed by atoms with Crippen LogP contribution in [-0.2, 0) is 0 Å². The monoisotopic (exact) mass is 178 g/mol. The van der Waals surface area contributed by atoms with Crippen LogP contribution >= 0.6 is 11.8 Å². The number of rotatable bonds is 0. The van der Waals surface area contributed by atoms with Gasteiger partial charge in [0, 0.05) is 12.8 Å². The molecule has 0 radical (unpaired) electrons. The maximum Gasteiger partial charge on any atom is 0.0557 e. The number of hydrogen-bond donors (Lipinski definition) is 0. The fraction of sp³-hybridized carbons (Fsp3) is 0.636. The van der Waals surface area contributed by atoms with Gasteiger partial charge in [-0.3, -0.25) is 0 Å². The van der Waals surface area contributed by atoms with Gasteiger partial charge in [0.2, 0.25) is 0 Å². The summed E-state index contributed by atoms with van der Waals surface area (Å²) in [5, 5.41) is 0. The van der Waals surface area contributed by atoms with Crippen LogP contribution < -0.4 is 0 Å². The second kappa shape index (κ2) is 7.14. The van der Waals surface area contributed by atoms with Gasteiger partial charge in [0.1, 0.15) is 0 Å². The fourth-order valence-electron chi connectivity index (χ4n) is 1.04. The van der Waals surface area contributed by atoms with Gasteiger partial charge in [0.05, 0.1) is 11.5 Å². The van der Waals surface area contributed by atoms with Crippen LogP contribution in [0.5, 0.6) is 0 Å². The molecule has 0 spiro atoms. The van der Waals surface area contributed by atoms with Gasteiger partial charge in [0.15, 0.2) is 0 Å². The molecule has 1 aliphatic rings. The first-order valence-electron chi connectivity index (χ1n) is 4.49.